The molecule has 144 valence electrons. The van der Waals surface area contributed by atoms with Crippen LogP contribution in [0.4, 0.5) is 0 Å². The maximum atomic E-state index is 12.4. The molecule has 0 aliphatic carbocycles. The second-order valence-electron chi connectivity index (χ2n) is 6.24. The summed E-state index contributed by atoms with van der Waals surface area (Å²) in [6, 6.07) is 15.9. The second kappa shape index (κ2) is 8.12. The maximum Gasteiger partial charge on any atom is 0.291 e. The number of hydrogen-bond acceptors (Lipinski definition) is 5. The lowest BCUT2D eigenvalue weighted by Gasteiger charge is -2.02. The Balaban J connectivity index is 1.42. The molecular formula is C21H15ClN4O3. The lowest BCUT2D eigenvalue weighted by Crippen LogP contribution is -2.19. The van der Waals surface area contributed by atoms with Gasteiger partial charge in [-0.15, -0.1) is 0 Å². The molecular weight excluding hydrogens is 392 g/mol. The van der Waals surface area contributed by atoms with Gasteiger partial charge < -0.3 is 4.42 Å². The largest absolute Gasteiger partial charge is 0.463 e. The molecule has 0 saturated heterocycles. The minimum Gasteiger partial charge on any atom is -0.463 e. The normalized spacial score (nSPS) is 11.2. The number of carbonyl (C=O) groups is 1. The van der Waals surface area contributed by atoms with E-state index in [2.05, 4.69) is 15.6 Å². The molecule has 1 amide bonds. The van der Waals surface area contributed by atoms with Crippen LogP contribution >= 0.6 is 11.6 Å². The van der Waals surface area contributed by atoms with E-state index < -0.39 is 5.91 Å². The van der Waals surface area contributed by atoms with Crippen LogP contribution in [0, 0.1) is 0 Å². The van der Waals surface area contributed by atoms with E-state index in [0.29, 0.717) is 22.5 Å². The molecule has 2 heterocycles. The molecule has 0 aliphatic heterocycles. The molecule has 0 fully saturated rings. The summed E-state index contributed by atoms with van der Waals surface area (Å²) >= 11 is 5.88. The van der Waals surface area contributed by atoms with Gasteiger partial charge in [-0.3, -0.25) is 14.3 Å². The predicted octanol–water partition coefficient (Wildman–Crippen LogP) is 3.46. The van der Waals surface area contributed by atoms with Crippen molar-refractivity contribution in [3.8, 4) is 0 Å². The first-order chi connectivity index (χ1) is 14.1. The molecule has 29 heavy (non-hydrogen) atoms. The Kier molecular flexibility index (Phi) is 5.22. The van der Waals surface area contributed by atoms with Crippen molar-refractivity contribution in [2.45, 2.75) is 6.54 Å². The number of hydrogen-bond donors (Lipinski definition) is 1. The van der Waals surface area contributed by atoms with Crippen LogP contribution in [0.15, 0.2) is 81.4 Å². The maximum absolute atomic E-state index is 12.4. The highest BCUT2D eigenvalue weighted by molar-refractivity contribution is 6.30. The molecule has 4 rings (SSSR count). The Bertz CT molecular complexity index is 1260. The van der Waals surface area contributed by atoms with Crippen LogP contribution in [0.2, 0.25) is 5.02 Å². The fraction of sp³-hybridized carbons (Fsp3) is 0.0476. The number of halogens is 1. The van der Waals surface area contributed by atoms with E-state index in [1.165, 1.54) is 12.5 Å². The standard InChI is InChI=1S/C21H15ClN4O3/c22-16-7-5-14(6-8-16)12-26-10-9-18(25-26)21(28)24-23-11-15-13-29-19-4-2-1-3-17(19)20(15)27/h1-11,13H,12H2,(H,24,28). The summed E-state index contributed by atoms with van der Waals surface area (Å²) in [7, 11) is 0. The van der Waals surface area contributed by atoms with E-state index in [0.717, 1.165) is 5.56 Å². The van der Waals surface area contributed by atoms with Gasteiger partial charge in [0, 0.05) is 11.2 Å². The van der Waals surface area contributed by atoms with Crippen LogP contribution in [0.25, 0.3) is 11.0 Å². The predicted molar refractivity (Wildman–Crippen MR) is 110 cm³/mol. The molecule has 1 N–H and O–H groups in total. The summed E-state index contributed by atoms with van der Waals surface area (Å²) in [4.78, 5) is 24.6. The van der Waals surface area contributed by atoms with Crippen molar-refractivity contribution in [3.05, 3.63) is 99.1 Å². The van der Waals surface area contributed by atoms with Crippen LogP contribution in [-0.2, 0) is 6.54 Å². The first kappa shape index (κ1) is 18.6. The van der Waals surface area contributed by atoms with Gasteiger partial charge in [-0.05, 0) is 35.9 Å². The van der Waals surface area contributed by atoms with Crippen molar-refractivity contribution in [2.75, 3.05) is 0 Å². The van der Waals surface area contributed by atoms with Crippen molar-refractivity contribution in [1.29, 1.82) is 0 Å². The number of hydrazone groups is 1. The summed E-state index contributed by atoms with van der Waals surface area (Å²) in [6.45, 7) is 0.506. The van der Waals surface area contributed by atoms with E-state index in [1.807, 2.05) is 12.1 Å². The second-order valence-corrected chi connectivity index (χ2v) is 6.68. The number of benzene rings is 2. The number of rotatable bonds is 5. The highest BCUT2D eigenvalue weighted by Crippen LogP contribution is 2.11. The average Bonchev–Trinajstić information content (AvgIpc) is 3.20. The summed E-state index contributed by atoms with van der Waals surface area (Å²) in [5.41, 5.74) is 4.08. The molecule has 0 radical (unpaired) electrons. The van der Waals surface area contributed by atoms with Crippen molar-refractivity contribution in [3.63, 3.8) is 0 Å². The monoisotopic (exact) mass is 406 g/mol. The van der Waals surface area contributed by atoms with E-state index in [1.54, 1.807) is 53.3 Å². The molecule has 7 nitrogen and oxygen atoms in total. The van der Waals surface area contributed by atoms with E-state index in [9.17, 15) is 9.59 Å². The number of aromatic nitrogens is 2. The van der Waals surface area contributed by atoms with Crippen molar-refractivity contribution >= 4 is 34.7 Å². The molecule has 0 saturated carbocycles. The quantitative estimate of drug-likeness (QED) is 0.406. The van der Waals surface area contributed by atoms with Gasteiger partial charge in [-0.25, -0.2) is 5.43 Å². The van der Waals surface area contributed by atoms with Crippen molar-refractivity contribution in [2.24, 2.45) is 5.10 Å². The van der Waals surface area contributed by atoms with Gasteiger partial charge in [0.1, 0.15) is 11.8 Å². The summed E-state index contributed by atoms with van der Waals surface area (Å²) < 4.78 is 7.04. The van der Waals surface area contributed by atoms with Crippen molar-refractivity contribution in [1.82, 2.24) is 15.2 Å². The number of fused-ring (bicyclic) bond motifs is 1. The molecule has 0 unspecified atom stereocenters. The van der Waals surface area contributed by atoms with Gasteiger partial charge in [-0.1, -0.05) is 35.9 Å². The smallest absolute Gasteiger partial charge is 0.291 e. The Morgan fingerprint density at radius 3 is 2.79 bits per heavy atom. The highest BCUT2D eigenvalue weighted by Gasteiger charge is 2.09. The molecule has 2 aromatic heterocycles. The van der Waals surface area contributed by atoms with Gasteiger partial charge in [0.25, 0.3) is 5.91 Å². The zero-order chi connectivity index (χ0) is 20.2. The SMILES string of the molecule is O=C(NN=Cc1coc2ccccc2c1=O)c1ccn(Cc2ccc(Cl)cc2)n1. The fourth-order valence-corrected chi connectivity index (χ4v) is 2.87. The molecule has 0 atom stereocenters. The van der Waals surface area contributed by atoms with Gasteiger partial charge in [-0.2, -0.15) is 10.2 Å². The van der Waals surface area contributed by atoms with Gasteiger partial charge in [0.05, 0.1) is 23.7 Å². The Morgan fingerprint density at radius 2 is 1.97 bits per heavy atom. The average molecular weight is 407 g/mol. The van der Waals surface area contributed by atoms with Gasteiger partial charge in [0.15, 0.2) is 5.69 Å². The van der Waals surface area contributed by atoms with Crippen LogP contribution in [-0.4, -0.2) is 21.9 Å². The lowest BCUT2D eigenvalue weighted by atomic mass is 10.2. The molecule has 8 heteroatoms. The number of amides is 1. The number of nitrogens with one attached hydrogen (secondary N) is 1. The number of carbonyl (C=O) groups excluding carboxylic acids is 1. The van der Waals surface area contributed by atoms with Crippen molar-refractivity contribution < 1.29 is 9.21 Å². The molecule has 2 aromatic carbocycles. The van der Waals surface area contributed by atoms with E-state index in [4.69, 9.17) is 16.0 Å². The third kappa shape index (κ3) is 4.25. The van der Waals surface area contributed by atoms with Crippen LogP contribution in [0.1, 0.15) is 21.6 Å². The Labute approximate surface area is 170 Å². The van der Waals surface area contributed by atoms with Crippen LogP contribution < -0.4 is 10.9 Å². The third-order valence-electron chi connectivity index (χ3n) is 4.21. The minimum absolute atomic E-state index is 0.210. The topological polar surface area (TPSA) is 89.5 Å². The van der Waals surface area contributed by atoms with E-state index >= 15 is 0 Å². The molecule has 0 spiro atoms. The summed E-state index contributed by atoms with van der Waals surface area (Å²) in [5, 5.41) is 9.18. The van der Waals surface area contributed by atoms with Gasteiger partial charge >= 0.3 is 0 Å². The summed E-state index contributed by atoms with van der Waals surface area (Å²) in [5.74, 6) is -0.485. The van der Waals surface area contributed by atoms with Crippen LogP contribution in [0.3, 0.4) is 0 Å². The third-order valence-corrected chi connectivity index (χ3v) is 4.46. The zero-order valence-electron chi connectivity index (χ0n) is 15.1. The van der Waals surface area contributed by atoms with Gasteiger partial charge in [0.2, 0.25) is 5.43 Å². The Morgan fingerprint density at radius 1 is 1.17 bits per heavy atom. The zero-order valence-corrected chi connectivity index (χ0v) is 15.8. The molecule has 4 aromatic rings. The number of nitrogens with zero attached hydrogens (tertiary/aromatic N) is 3. The molecule has 0 bridgehead atoms. The minimum atomic E-state index is -0.485. The van der Waals surface area contributed by atoms with Crippen LogP contribution in [0.5, 0.6) is 0 Å². The Hall–Kier alpha value is -3.71. The number of para-hydroxylation sites is 1. The van der Waals surface area contributed by atoms with E-state index in [-0.39, 0.29) is 16.7 Å². The first-order valence-electron chi connectivity index (χ1n) is 8.72. The summed E-state index contributed by atoms with van der Waals surface area (Å²) in [6.07, 6.45) is 4.26. The highest BCUT2D eigenvalue weighted by atomic mass is 35.5. The lowest BCUT2D eigenvalue weighted by molar-refractivity contribution is 0.0949. The first-order valence-corrected chi connectivity index (χ1v) is 9.10. The molecule has 0 aliphatic rings. The fourth-order valence-electron chi connectivity index (χ4n) is 2.75.